The van der Waals surface area contributed by atoms with Crippen LogP contribution in [0.3, 0.4) is 0 Å². The predicted molar refractivity (Wildman–Crippen MR) is 109 cm³/mol. The number of fused-ring (bicyclic) bond motifs is 1. The van der Waals surface area contributed by atoms with Crippen LogP contribution in [0.5, 0.6) is 0 Å². The Bertz CT molecular complexity index is 823. The van der Waals surface area contributed by atoms with Gasteiger partial charge < -0.3 is 9.80 Å². The van der Waals surface area contributed by atoms with Gasteiger partial charge >= 0.3 is 0 Å². The molecule has 4 rings (SSSR count). The van der Waals surface area contributed by atoms with Gasteiger partial charge in [0.2, 0.25) is 11.8 Å². The van der Waals surface area contributed by atoms with Crippen LogP contribution in [0.4, 0.5) is 0 Å². The molecule has 1 aromatic carbocycles. The molecule has 0 radical (unpaired) electrons. The van der Waals surface area contributed by atoms with Crippen LogP contribution in [0.1, 0.15) is 50.6 Å². The number of hydrazone groups is 1. The average molecular weight is 396 g/mol. The number of nitrogens with zero attached hydrogens (tertiary/aromatic N) is 3. The summed E-state index contributed by atoms with van der Waals surface area (Å²) in [6.07, 6.45) is 3.18. The van der Waals surface area contributed by atoms with Crippen molar-refractivity contribution in [1.29, 1.82) is 0 Å². The lowest BCUT2D eigenvalue weighted by atomic mass is 9.89. The number of hydrogen-bond donors (Lipinski definition) is 1. The van der Waals surface area contributed by atoms with Gasteiger partial charge in [-0.1, -0.05) is 43.7 Å². The number of carbonyl (C=O) groups excluding carboxylic acids is 3. The minimum absolute atomic E-state index is 0.0105. The lowest BCUT2D eigenvalue weighted by molar-refractivity contribution is -0.133. The maximum atomic E-state index is 12.9. The second-order valence-electron chi connectivity index (χ2n) is 8.23. The maximum absolute atomic E-state index is 12.9. The van der Waals surface area contributed by atoms with Crippen LogP contribution in [0.2, 0.25) is 0 Å². The number of amides is 3. The summed E-state index contributed by atoms with van der Waals surface area (Å²) in [5.74, 6) is 0.479. The van der Waals surface area contributed by atoms with Crippen molar-refractivity contribution in [2.24, 2.45) is 16.9 Å². The topological polar surface area (TPSA) is 82.1 Å². The number of benzene rings is 1. The van der Waals surface area contributed by atoms with Crippen molar-refractivity contribution in [3.63, 3.8) is 0 Å². The summed E-state index contributed by atoms with van der Waals surface area (Å²) >= 11 is 0. The molecule has 2 saturated heterocycles. The van der Waals surface area contributed by atoms with E-state index >= 15 is 0 Å². The van der Waals surface area contributed by atoms with E-state index in [0.29, 0.717) is 44.6 Å². The van der Waals surface area contributed by atoms with Crippen LogP contribution >= 0.6 is 0 Å². The molecule has 7 heteroatoms. The predicted octanol–water partition coefficient (Wildman–Crippen LogP) is 2.10. The van der Waals surface area contributed by atoms with E-state index in [1.54, 1.807) is 0 Å². The van der Waals surface area contributed by atoms with Gasteiger partial charge in [0.25, 0.3) is 5.91 Å². The van der Waals surface area contributed by atoms with Gasteiger partial charge in [-0.25, -0.2) is 5.43 Å². The fraction of sp³-hybridized carbons (Fsp3) is 0.545. The number of unbranched alkanes of at least 4 members (excludes halogenated alkanes) is 1. The first kappa shape index (κ1) is 19.6. The van der Waals surface area contributed by atoms with Gasteiger partial charge in [-0.05, 0) is 12.0 Å². The van der Waals surface area contributed by atoms with E-state index in [2.05, 4.69) is 29.6 Å². The first-order valence-electron chi connectivity index (χ1n) is 10.6. The lowest BCUT2D eigenvalue weighted by Gasteiger charge is -2.30. The van der Waals surface area contributed by atoms with Crippen LogP contribution in [0, 0.1) is 11.8 Å². The van der Waals surface area contributed by atoms with Gasteiger partial charge in [-0.3, -0.25) is 14.4 Å². The normalized spacial score (nSPS) is 26.2. The summed E-state index contributed by atoms with van der Waals surface area (Å²) < 4.78 is 0. The molecule has 0 spiro atoms. The van der Waals surface area contributed by atoms with E-state index in [4.69, 9.17) is 0 Å². The van der Waals surface area contributed by atoms with Crippen molar-refractivity contribution >= 4 is 23.4 Å². The van der Waals surface area contributed by atoms with Gasteiger partial charge in [0.1, 0.15) is 5.71 Å². The van der Waals surface area contributed by atoms with Crippen molar-refractivity contribution in [1.82, 2.24) is 15.2 Å². The summed E-state index contributed by atoms with van der Waals surface area (Å²) in [5.41, 5.74) is 3.98. The summed E-state index contributed by atoms with van der Waals surface area (Å²) in [5, 5.41) is 3.96. The standard InChI is InChI=1S/C22H28N4O3/c1-2-3-9-20(28)26-13-16-12-25(22(29)18-10-11-19(27)24-23-18)14-17(16)21(26)15-7-5-4-6-8-15/h4-8,16-17,21H,2-3,9-14H2,1H3,(H,24,27)/t16-,17-,21-/m0/s1. The van der Waals surface area contributed by atoms with Crippen LogP contribution in [0.15, 0.2) is 35.4 Å². The average Bonchev–Trinajstić information content (AvgIpc) is 3.30. The SMILES string of the molecule is CCCCC(=O)N1C[C@@H]2CN(C(=O)C3=NNC(=O)CC3)C[C@@H]2[C@@H]1c1ccccc1. The highest BCUT2D eigenvalue weighted by atomic mass is 16.2. The molecule has 3 amide bonds. The number of likely N-dealkylation sites (tertiary alicyclic amines) is 2. The van der Waals surface area contributed by atoms with Gasteiger partial charge in [0.05, 0.1) is 6.04 Å². The summed E-state index contributed by atoms with van der Waals surface area (Å²) in [6.45, 7) is 4.05. The van der Waals surface area contributed by atoms with Crippen LogP contribution in [-0.2, 0) is 14.4 Å². The molecule has 1 aromatic rings. The Morgan fingerprint density at radius 1 is 1.14 bits per heavy atom. The number of nitrogens with one attached hydrogen (secondary N) is 1. The van der Waals surface area contributed by atoms with Crippen molar-refractivity contribution in [3.8, 4) is 0 Å². The third kappa shape index (κ3) is 3.91. The van der Waals surface area contributed by atoms with Gasteiger partial charge in [-0.15, -0.1) is 0 Å². The van der Waals surface area contributed by atoms with Crippen LogP contribution in [-0.4, -0.2) is 52.9 Å². The van der Waals surface area contributed by atoms with Gasteiger partial charge in [-0.2, -0.15) is 5.10 Å². The molecule has 7 nitrogen and oxygen atoms in total. The fourth-order valence-corrected chi connectivity index (χ4v) is 4.83. The summed E-state index contributed by atoms with van der Waals surface area (Å²) in [6, 6.07) is 10.2. The minimum atomic E-state index is -0.148. The van der Waals surface area contributed by atoms with Crippen LogP contribution in [0.25, 0.3) is 0 Å². The molecule has 0 bridgehead atoms. The summed E-state index contributed by atoms with van der Waals surface area (Å²) in [4.78, 5) is 41.0. The zero-order valence-electron chi connectivity index (χ0n) is 16.8. The largest absolute Gasteiger partial charge is 0.337 e. The van der Waals surface area contributed by atoms with E-state index in [0.717, 1.165) is 18.4 Å². The van der Waals surface area contributed by atoms with E-state index < -0.39 is 0 Å². The zero-order valence-corrected chi connectivity index (χ0v) is 16.8. The molecule has 3 atom stereocenters. The quantitative estimate of drug-likeness (QED) is 0.827. The first-order valence-corrected chi connectivity index (χ1v) is 10.6. The van der Waals surface area contributed by atoms with E-state index in [1.165, 1.54) is 0 Å². The summed E-state index contributed by atoms with van der Waals surface area (Å²) in [7, 11) is 0. The second-order valence-corrected chi connectivity index (χ2v) is 8.23. The molecule has 0 saturated carbocycles. The molecular weight excluding hydrogens is 368 g/mol. The van der Waals surface area contributed by atoms with Crippen molar-refractivity contribution < 1.29 is 14.4 Å². The highest BCUT2D eigenvalue weighted by Gasteiger charge is 2.50. The Morgan fingerprint density at radius 3 is 2.62 bits per heavy atom. The molecule has 0 unspecified atom stereocenters. The number of hydrogen-bond acceptors (Lipinski definition) is 4. The minimum Gasteiger partial charge on any atom is -0.337 e. The molecule has 1 N–H and O–H groups in total. The Hall–Kier alpha value is -2.70. The zero-order chi connectivity index (χ0) is 20.4. The van der Waals surface area contributed by atoms with E-state index in [9.17, 15) is 14.4 Å². The third-order valence-electron chi connectivity index (χ3n) is 6.31. The van der Waals surface area contributed by atoms with Crippen molar-refractivity contribution in [2.45, 2.75) is 45.1 Å². The highest BCUT2D eigenvalue weighted by Crippen LogP contribution is 2.45. The number of carbonyl (C=O) groups is 3. The molecule has 3 aliphatic heterocycles. The molecular formula is C22H28N4O3. The lowest BCUT2D eigenvalue weighted by Crippen LogP contribution is -2.41. The molecule has 3 aliphatic rings. The smallest absolute Gasteiger partial charge is 0.270 e. The molecule has 2 fully saturated rings. The van der Waals surface area contributed by atoms with E-state index in [-0.39, 0.29) is 35.6 Å². The Morgan fingerprint density at radius 2 is 1.93 bits per heavy atom. The molecule has 154 valence electrons. The number of rotatable bonds is 5. The molecule has 0 aromatic heterocycles. The van der Waals surface area contributed by atoms with E-state index in [1.807, 2.05) is 28.0 Å². The highest BCUT2D eigenvalue weighted by molar-refractivity contribution is 6.39. The van der Waals surface area contributed by atoms with Gasteiger partial charge in [0, 0.05) is 50.7 Å². The molecule has 3 heterocycles. The monoisotopic (exact) mass is 396 g/mol. The molecule has 0 aliphatic carbocycles. The van der Waals surface area contributed by atoms with Crippen molar-refractivity contribution in [3.05, 3.63) is 35.9 Å². The van der Waals surface area contributed by atoms with Crippen LogP contribution < -0.4 is 5.43 Å². The second kappa shape index (κ2) is 8.35. The molecule has 29 heavy (non-hydrogen) atoms. The third-order valence-corrected chi connectivity index (χ3v) is 6.31. The Labute approximate surface area is 171 Å². The Balaban J connectivity index is 1.52. The Kier molecular flexibility index (Phi) is 5.65. The van der Waals surface area contributed by atoms with Crippen molar-refractivity contribution in [2.75, 3.05) is 19.6 Å². The maximum Gasteiger partial charge on any atom is 0.270 e. The fourth-order valence-electron chi connectivity index (χ4n) is 4.83. The first-order chi connectivity index (χ1) is 14.1. The van der Waals surface area contributed by atoms with Gasteiger partial charge in [0.15, 0.2) is 0 Å².